The summed E-state index contributed by atoms with van der Waals surface area (Å²) in [6.07, 6.45) is 2.13. The SMILES string of the molecule is Cc1cc(S(=O)(=O)NCC(N)C2CC2)cc(C)c1F.Cl. The zero-order valence-corrected chi connectivity index (χ0v) is 13.2. The van der Waals surface area contributed by atoms with E-state index in [4.69, 9.17) is 5.73 Å². The number of benzene rings is 1. The van der Waals surface area contributed by atoms with Gasteiger partial charge in [-0.25, -0.2) is 17.5 Å². The molecule has 1 saturated carbocycles. The Balaban J connectivity index is 0.00000200. The molecule has 1 aliphatic carbocycles. The summed E-state index contributed by atoms with van der Waals surface area (Å²) >= 11 is 0. The molecule has 4 nitrogen and oxygen atoms in total. The van der Waals surface area contributed by atoms with Crippen LogP contribution in [-0.2, 0) is 10.0 Å². The molecular weight excluding hydrogens is 303 g/mol. The van der Waals surface area contributed by atoms with Gasteiger partial charge in [-0.1, -0.05) is 0 Å². The van der Waals surface area contributed by atoms with E-state index in [0.29, 0.717) is 17.0 Å². The van der Waals surface area contributed by atoms with Crippen LogP contribution in [0, 0.1) is 25.6 Å². The van der Waals surface area contributed by atoms with Crippen molar-refractivity contribution in [2.75, 3.05) is 6.54 Å². The van der Waals surface area contributed by atoms with Crippen molar-refractivity contribution in [1.82, 2.24) is 4.72 Å². The molecule has 0 amide bonds. The fraction of sp³-hybridized carbons (Fsp3) is 0.538. The number of nitrogens with two attached hydrogens (primary N) is 1. The van der Waals surface area contributed by atoms with E-state index in [1.54, 1.807) is 13.8 Å². The average Bonchev–Trinajstić information content (AvgIpc) is 3.16. The molecule has 0 aliphatic heterocycles. The predicted molar refractivity (Wildman–Crippen MR) is 79.0 cm³/mol. The van der Waals surface area contributed by atoms with E-state index in [1.165, 1.54) is 12.1 Å². The fourth-order valence-corrected chi connectivity index (χ4v) is 3.28. The van der Waals surface area contributed by atoms with Crippen molar-refractivity contribution in [3.8, 4) is 0 Å². The summed E-state index contributed by atoms with van der Waals surface area (Å²) in [5.74, 6) is 0.0630. The zero-order valence-electron chi connectivity index (χ0n) is 11.5. The summed E-state index contributed by atoms with van der Waals surface area (Å²) in [7, 11) is -3.62. The lowest BCUT2D eigenvalue weighted by atomic mass is 10.1. The molecule has 0 heterocycles. The highest BCUT2D eigenvalue weighted by Crippen LogP contribution is 2.31. The van der Waals surface area contributed by atoms with Crippen LogP contribution in [0.5, 0.6) is 0 Å². The maximum Gasteiger partial charge on any atom is 0.240 e. The second kappa shape index (κ2) is 6.39. The molecule has 1 aromatic carbocycles. The summed E-state index contributed by atoms with van der Waals surface area (Å²) in [6, 6.07) is 2.54. The third-order valence-electron chi connectivity index (χ3n) is 3.46. The number of hydrogen-bond donors (Lipinski definition) is 2. The van der Waals surface area contributed by atoms with Crippen LogP contribution in [0.4, 0.5) is 4.39 Å². The highest BCUT2D eigenvalue weighted by Gasteiger charge is 2.29. The van der Waals surface area contributed by atoms with E-state index >= 15 is 0 Å². The van der Waals surface area contributed by atoms with Gasteiger partial charge in [0, 0.05) is 12.6 Å². The lowest BCUT2D eigenvalue weighted by Gasteiger charge is -2.13. The molecule has 1 aromatic rings. The standard InChI is InChI=1S/C13H19FN2O2S.ClH/c1-8-5-11(6-9(2)13(8)14)19(17,18)16-7-12(15)10-3-4-10;/h5-6,10,12,16H,3-4,7,15H2,1-2H3;1H. The molecule has 114 valence electrons. The summed E-state index contributed by atoms with van der Waals surface area (Å²) < 4.78 is 40.2. The highest BCUT2D eigenvalue weighted by atomic mass is 35.5. The molecule has 2 rings (SSSR count). The Labute approximate surface area is 125 Å². The first-order chi connectivity index (χ1) is 8.81. The van der Waals surface area contributed by atoms with Gasteiger partial charge >= 0.3 is 0 Å². The van der Waals surface area contributed by atoms with Crippen molar-refractivity contribution in [3.63, 3.8) is 0 Å². The minimum Gasteiger partial charge on any atom is -0.326 e. The van der Waals surface area contributed by atoms with E-state index in [2.05, 4.69) is 4.72 Å². The molecule has 0 radical (unpaired) electrons. The molecule has 20 heavy (non-hydrogen) atoms. The van der Waals surface area contributed by atoms with Crippen molar-refractivity contribution in [2.24, 2.45) is 11.7 Å². The maximum atomic E-state index is 13.5. The second-order valence-corrected chi connectivity index (χ2v) is 6.99. The maximum absolute atomic E-state index is 13.5. The zero-order chi connectivity index (χ0) is 14.2. The smallest absolute Gasteiger partial charge is 0.240 e. The molecule has 0 saturated heterocycles. The Kier molecular flexibility index (Phi) is 5.54. The van der Waals surface area contributed by atoms with E-state index in [0.717, 1.165) is 12.8 Å². The summed E-state index contributed by atoms with van der Waals surface area (Å²) in [5, 5.41) is 0. The number of rotatable bonds is 5. The molecular formula is C13H20ClFN2O2S. The number of sulfonamides is 1. The first-order valence-corrected chi connectivity index (χ1v) is 7.81. The largest absolute Gasteiger partial charge is 0.326 e. The number of halogens is 2. The van der Waals surface area contributed by atoms with Gasteiger partial charge in [-0.15, -0.1) is 12.4 Å². The molecule has 1 aliphatic rings. The molecule has 1 fully saturated rings. The van der Waals surface area contributed by atoms with Gasteiger partial charge in [0.1, 0.15) is 5.82 Å². The van der Waals surface area contributed by atoms with Crippen LogP contribution in [0.15, 0.2) is 17.0 Å². The topological polar surface area (TPSA) is 72.2 Å². The quantitative estimate of drug-likeness (QED) is 0.869. The van der Waals surface area contributed by atoms with Gasteiger partial charge in [0.15, 0.2) is 0 Å². The molecule has 1 atom stereocenters. The Bertz CT molecular complexity index is 565. The van der Waals surface area contributed by atoms with Crippen molar-refractivity contribution in [2.45, 2.75) is 37.6 Å². The Hall–Kier alpha value is -0.690. The van der Waals surface area contributed by atoms with Crippen LogP contribution in [-0.4, -0.2) is 21.0 Å². The van der Waals surface area contributed by atoms with Crippen LogP contribution in [0.2, 0.25) is 0 Å². The van der Waals surface area contributed by atoms with Crippen LogP contribution >= 0.6 is 12.4 Å². The van der Waals surface area contributed by atoms with Crippen molar-refractivity contribution in [1.29, 1.82) is 0 Å². The lowest BCUT2D eigenvalue weighted by Crippen LogP contribution is -2.38. The fourth-order valence-electron chi connectivity index (χ4n) is 2.04. The molecule has 0 aromatic heterocycles. The minimum absolute atomic E-state index is 0. The van der Waals surface area contributed by atoms with Gasteiger partial charge in [-0.05, 0) is 55.9 Å². The minimum atomic E-state index is -3.62. The Morgan fingerprint density at radius 1 is 1.35 bits per heavy atom. The Morgan fingerprint density at radius 2 is 1.85 bits per heavy atom. The lowest BCUT2D eigenvalue weighted by molar-refractivity contribution is 0.547. The summed E-state index contributed by atoms with van der Waals surface area (Å²) in [6.45, 7) is 3.33. The average molecular weight is 323 g/mol. The van der Waals surface area contributed by atoms with Crippen LogP contribution in [0.3, 0.4) is 0 Å². The monoisotopic (exact) mass is 322 g/mol. The molecule has 1 unspecified atom stereocenters. The van der Waals surface area contributed by atoms with Crippen molar-refractivity contribution >= 4 is 22.4 Å². The summed E-state index contributed by atoms with van der Waals surface area (Å²) in [4.78, 5) is 0.0897. The highest BCUT2D eigenvalue weighted by molar-refractivity contribution is 7.89. The van der Waals surface area contributed by atoms with Crippen molar-refractivity contribution < 1.29 is 12.8 Å². The molecule has 7 heteroatoms. The third-order valence-corrected chi connectivity index (χ3v) is 4.86. The van der Waals surface area contributed by atoms with Crippen LogP contribution < -0.4 is 10.5 Å². The molecule has 0 spiro atoms. The first-order valence-electron chi connectivity index (χ1n) is 6.33. The first kappa shape index (κ1) is 17.4. The number of hydrogen-bond acceptors (Lipinski definition) is 3. The third kappa shape index (κ3) is 3.91. The van der Waals surface area contributed by atoms with Crippen molar-refractivity contribution in [3.05, 3.63) is 29.1 Å². The normalized spacial score (nSPS) is 16.6. The predicted octanol–water partition coefficient (Wildman–Crippen LogP) is 1.88. The van der Waals surface area contributed by atoms with Gasteiger partial charge in [0.25, 0.3) is 0 Å². The number of aryl methyl sites for hydroxylation is 2. The van der Waals surface area contributed by atoms with E-state index in [1.807, 2.05) is 0 Å². The summed E-state index contributed by atoms with van der Waals surface area (Å²) in [5.41, 5.74) is 6.51. The van der Waals surface area contributed by atoms with Gasteiger partial charge in [0.05, 0.1) is 4.90 Å². The van der Waals surface area contributed by atoms with Gasteiger partial charge in [-0.2, -0.15) is 0 Å². The second-order valence-electron chi connectivity index (χ2n) is 5.22. The van der Waals surface area contributed by atoms with Gasteiger partial charge in [-0.3, -0.25) is 0 Å². The van der Waals surface area contributed by atoms with E-state index in [9.17, 15) is 12.8 Å². The van der Waals surface area contributed by atoms with Crippen LogP contribution in [0.25, 0.3) is 0 Å². The van der Waals surface area contributed by atoms with Gasteiger partial charge in [0.2, 0.25) is 10.0 Å². The van der Waals surface area contributed by atoms with Gasteiger partial charge < -0.3 is 5.73 Å². The Morgan fingerprint density at radius 3 is 2.30 bits per heavy atom. The van der Waals surface area contributed by atoms with E-state index < -0.39 is 10.0 Å². The van der Waals surface area contributed by atoms with Crippen LogP contribution in [0.1, 0.15) is 24.0 Å². The number of nitrogens with one attached hydrogen (secondary N) is 1. The van der Waals surface area contributed by atoms with E-state index in [-0.39, 0.29) is 35.7 Å². The molecule has 0 bridgehead atoms. The molecule has 3 N–H and O–H groups in total.